The number of nitrogens with zero attached hydrogens (tertiary/aromatic N) is 2. The first-order valence-corrected chi connectivity index (χ1v) is 11.8. The van der Waals surface area contributed by atoms with E-state index in [1.165, 1.54) is 0 Å². The van der Waals surface area contributed by atoms with Gasteiger partial charge < -0.3 is 25.2 Å². The number of anilines is 1. The second-order valence-electron chi connectivity index (χ2n) is 9.22. The summed E-state index contributed by atoms with van der Waals surface area (Å²) in [6.45, 7) is 4.54. The number of aromatic amines is 1. The van der Waals surface area contributed by atoms with Gasteiger partial charge in [0.1, 0.15) is 0 Å². The quantitative estimate of drug-likeness (QED) is 0.567. The third-order valence-corrected chi connectivity index (χ3v) is 7.45. The van der Waals surface area contributed by atoms with Gasteiger partial charge in [-0.05, 0) is 56.7 Å². The normalized spacial score (nSPS) is 21.6. The highest BCUT2D eigenvalue weighted by atomic mass is 79.9. The van der Waals surface area contributed by atoms with Crippen molar-refractivity contribution < 1.29 is 14.7 Å². The van der Waals surface area contributed by atoms with Gasteiger partial charge in [-0.1, -0.05) is 15.9 Å². The van der Waals surface area contributed by atoms with E-state index in [1.807, 2.05) is 31.2 Å². The molecule has 4 heterocycles. The molecular formula is C24H27BrN4O3. The first kappa shape index (κ1) is 21.4. The molecule has 5 rings (SSSR count). The molecular weight excluding hydrogens is 472 g/mol. The van der Waals surface area contributed by atoms with E-state index >= 15 is 0 Å². The zero-order valence-electron chi connectivity index (χ0n) is 18.3. The third-order valence-electron chi connectivity index (χ3n) is 6.96. The highest BCUT2D eigenvalue weighted by Gasteiger charge is 2.37. The number of hydrogen-bond acceptors (Lipinski definition) is 4. The number of amides is 2. The second kappa shape index (κ2) is 7.86. The van der Waals surface area contributed by atoms with Gasteiger partial charge in [-0.25, -0.2) is 0 Å². The van der Waals surface area contributed by atoms with Crippen LogP contribution in [0.25, 0.3) is 11.6 Å². The average Bonchev–Trinajstić information content (AvgIpc) is 3.24. The smallest absolute Gasteiger partial charge is 0.256 e. The standard InChI is InChI=1S/C24H27BrN4O3/c1-14-20(12-17-16-11-15(25)3-4-18(16)27-22(17)30)26-19-5-8-29(23(31)21(14)19)13-24(32)6-9-28(2)10-7-24/h3-4,11-12,26,32H,5-10,13H2,1-2H3,(H,27,30). The van der Waals surface area contributed by atoms with Gasteiger partial charge in [0, 0.05) is 59.7 Å². The molecule has 1 saturated heterocycles. The van der Waals surface area contributed by atoms with Crippen molar-refractivity contribution in [3.63, 3.8) is 0 Å². The Labute approximate surface area is 195 Å². The van der Waals surface area contributed by atoms with Crippen molar-refractivity contribution in [2.75, 3.05) is 38.5 Å². The van der Waals surface area contributed by atoms with Crippen LogP contribution in [-0.4, -0.2) is 70.5 Å². The van der Waals surface area contributed by atoms with Gasteiger partial charge in [0.2, 0.25) is 0 Å². The molecule has 3 aliphatic heterocycles. The van der Waals surface area contributed by atoms with Gasteiger partial charge in [0.25, 0.3) is 11.8 Å². The van der Waals surface area contributed by atoms with E-state index in [0.29, 0.717) is 43.5 Å². The zero-order chi connectivity index (χ0) is 22.6. The lowest BCUT2D eigenvalue weighted by molar-refractivity contribution is -0.110. The number of carbonyl (C=O) groups is 2. The van der Waals surface area contributed by atoms with Crippen LogP contribution in [0.4, 0.5) is 5.69 Å². The lowest BCUT2D eigenvalue weighted by Gasteiger charge is -2.40. The van der Waals surface area contributed by atoms with Crippen molar-refractivity contribution in [1.29, 1.82) is 0 Å². The van der Waals surface area contributed by atoms with Crippen LogP contribution in [-0.2, 0) is 11.2 Å². The molecule has 0 spiro atoms. The molecule has 1 aromatic heterocycles. The second-order valence-corrected chi connectivity index (χ2v) is 10.1. The predicted molar refractivity (Wildman–Crippen MR) is 127 cm³/mol. The average molecular weight is 499 g/mol. The molecule has 0 unspecified atom stereocenters. The summed E-state index contributed by atoms with van der Waals surface area (Å²) < 4.78 is 0.902. The van der Waals surface area contributed by atoms with Crippen molar-refractivity contribution in [3.8, 4) is 0 Å². The van der Waals surface area contributed by atoms with Crippen LogP contribution in [0.15, 0.2) is 22.7 Å². The number of hydrogen-bond donors (Lipinski definition) is 3. The number of benzene rings is 1. The largest absolute Gasteiger partial charge is 0.388 e. The van der Waals surface area contributed by atoms with Crippen LogP contribution >= 0.6 is 15.9 Å². The molecule has 32 heavy (non-hydrogen) atoms. The number of aliphatic hydroxyl groups is 1. The van der Waals surface area contributed by atoms with E-state index in [4.69, 9.17) is 0 Å². The Morgan fingerprint density at radius 1 is 1.22 bits per heavy atom. The fourth-order valence-corrected chi connectivity index (χ4v) is 5.32. The monoisotopic (exact) mass is 498 g/mol. The maximum absolute atomic E-state index is 13.4. The van der Waals surface area contributed by atoms with Gasteiger partial charge in [0.15, 0.2) is 0 Å². The molecule has 0 aliphatic carbocycles. The molecule has 2 amide bonds. The summed E-state index contributed by atoms with van der Waals surface area (Å²) in [6.07, 6.45) is 3.89. The molecule has 168 valence electrons. The highest BCUT2D eigenvalue weighted by molar-refractivity contribution is 9.10. The molecule has 0 atom stereocenters. The van der Waals surface area contributed by atoms with Crippen LogP contribution in [0, 0.1) is 6.92 Å². The maximum atomic E-state index is 13.4. The van der Waals surface area contributed by atoms with Crippen molar-refractivity contribution in [1.82, 2.24) is 14.8 Å². The van der Waals surface area contributed by atoms with E-state index in [2.05, 4.69) is 38.2 Å². The topological polar surface area (TPSA) is 88.7 Å². The molecule has 8 heteroatoms. The molecule has 0 radical (unpaired) electrons. The maximum Gasteiger partial charge on any atom is 0.256 e. The number of rotatable bonds is 3. The lowest BCUT2D eigenvalue weighted by atomic mass is 9.90. The summed E-state index contributed by atoms with van der Waals surface area (Å²) in [5.74, 6) is -0.196. The Bertz CT molecular complexity index is 1140. The first-order chi connectivity index (χ1) is 15.2. The van der Waals surface area contributed by atoms with Gasteiger partial charge >= 0.3 is 0 Å². The predicted octanol–water partition coefficient (Wildman–Crippen LogP) is 3.03. The Morgan fingerprint density at radius 3 is 2.72 bits per heavy atom. The Kier molecular flexibility index (Phi) is 5.27. The molecule has 1 aromatic carbocycles. The SMILES string of the molecule is Cc1c(C=C2C(=O)Nc3ccc(Br)cc32)[nH]c2c1C(=O)N(CC1(O)CCN(C)CC1)CC2. The van der Waals surface area contributed by atoms with Crippen molar-refractivity contribution in [2.45, 2.75) is 31.8 Å². The minimum Gasteiger partial charge on any atom is -0.388 e. The van der Waals surface area contributed by atoms with Crippen molar-refractivity contribution in [2.24, 2.45) is 0 Å². The van der Waals surface area contributed by atoms with Crippen LogP contribution < -0.4 is 5.32 Å². The van der Waals surface area contributed by atoms with Gasteiger partial charge in [-0.3, -0.25) is 9.59 Å². The molecule has 1 fully saturated rings. The summed E-state index contributed by atoms with van der Waals surface area (Å²) in [6, 6.07) is 5.69. The van der Waals surface area contributed by atoms with E-state index in [1.54, 1.807) is 4.90 Å². The number of β-amino-alcohol motifs (C(OH)–C–C–N with tert-alkyl or cyclic N) is 1. The lowest BCUT2D eigenvalue weighted by Crippen LogP contribution is -2.52. The summed E-state index contributed by atoms with van der Waals surface area (Å²) >= 11 is 3.47. The minimum absolute atomic E-state index is 0.0454. The highest BCUT2D eigenvalue weighted by Crippen LogP contribution is 2.36. The van der Waals surface area contributed by atoms with Gasteiger partial charge in [-0.15, -0.1) is 0 Å². The van der Waals surface area contributed by atoms with Crippen LogP contribution in [0.5, 0.6) is 0 Å². The molecule has 3 N–H and O–H groups in total. The first-order valence-electron chi connectivity index (χ1n) is 11.0. The number of fused-ring (bicyclic) bond motifs is 2. The Hall–Kier alpha value is -2.42. The number of carbonyl (C=O) groups excluding carboxylic acids is 2. The van der Waals surface area contributed by atoms with Gasteiger partial charge in [0.05, 0.1) is 16.7 Å². The Morgan fingerprint density at radius 2 is 1.97 bits per heavy atom. The third kappa shape index (κ3) is 3.70. The number of likely N-dealkylation sites (tertiary alicyclic amines) is 1. The molecule has 2 aromatic rings. The fourth-order valence-electron chi connectivity index (χ4n) is 4.95. The number of aromatic nitrogens is 1. The van der Waals surface area contributed by atoms with Crippen molar-refractivity contribution >= 4 is 45.1 Å². The molecule has 7 nitrogen and oxygen atoms in total. The summed E-state index contributed by atoms with van der Waals surface area (Å²) in [5.41, 5.74) is 4.57. The van der Waals surface area contributed by atoms with Crippen LogP contribution in [0.3, 0.4) is 0 Å². The number of nitrogens with one attached hydrogen (secondary N) is 2. The van der Waals surface area contributed by atoms with Gasteiger partial charge in [-0.2, -0.15) is 0 Å². The molecule has 0 saturated carbocycles. The van der Waals surface area contributed by atoms with E-state index < -0.39 is 5.60 Å². The van der Waals surface area contributed by atoms with Crippen molar-refractivity contribution in [3.05, 3.63) is 50.8 Å². The summed E-state index contributed by atoms with van der Waals surface area (Å²) in [5, 5.41) is 13.9. The molecule has 3 aliphatic rings. The number of halogens is 1. The van der Waals surface area contributed by atoms with E-state index in [0.717, 1.165) is 45.8 Å². The Balaban J connectivity index is 1.43. The van der Waals surface area contributed by atoms with Crippen LogP contribution in [0.2, 0.25) is 0 Å². The minimum atomic E-state index is -0.826. The van der Waals surface area contributed by atoms with Crippen LogP contribution in [0.1, 0.15) is 45.7 Å². The van der Waals surface area contributed by atoms with E-state index in [9.17, 15) is 14.7 Å². The van der Waals surface area contributed by atoms with E-state index in [-0.39, 0.29) is 11.8 Å². The molecule has 0 bridgehead atoms. The fraction of sp³-hybridized carbons (Fsp3) is 0.417. The summed E-state index contributed by atoms with van der Waals surface area (Å²) in [7, 11) is 2.05. The zero-order valence-corrected chi connectivity index (χ0v) is 19.9. The number of H-pyrrole nitrogens is 1. The number of piperidine rings is 1. The summed E-state index contributed by atoms with van der Waals surface area (Å²) in [4.78, 5) is 33.3.